The van der Waals surface area contributed by atoms with Crippen molar-refractivity contribution in [3.8, 4) is 16.9 Å². The predicted molar refractivity (Wildman–Crippen MR) is 112 cm³/mol. The maximum atomic E-state index is 13.4. The number of carbonyl (C=O) groups is 1. The number of hydrogen-bond donors (Lipinski definition) is 2. The van der Waals surface area contributed by atoms with Gasteiger partial charge in [-0.1, -0.05) is 12.1 Å². The number of anilines is 1. The average Bonchev–Trinajstić information content (AvgIpc) is 2.81. The Labute approximate surface area is 189 Å². The maximum absolute atomic E-state index is 13.4. The Morgan fingerprint density at radius 1 is 1.00 bits per heavy atom. The third-order valence-corrected chi connectivity index (χ3v) is 4.65. The van der Waals surface area contributed by atoms with Crippen molar-refractivity contribution < 1.29 is 32.2 Å². The summed E-state index contributed by atoms with van der Waals surface area (Å²) in [5.41, 5.74) is 1.91. The molecule has 0 saturated carbocycles. The minimum Gasteiger partial charge on any atom is -0.480 e. The lowest BCUT2D eigenvalue weighted by Crippen LogP contribution is -2.12. The summed E-state index contributed by atoms with van der Waals surface area (Å²) in [6.07, 6.45) is -1.30. The van der Waals surface area contributed by atoms with E-state index in [4.69, 9.17) is 9.84 Å². The van der Waals surface area contributed by atoms with E-state index >= 15 is 0 Å². The van der Waals surface area contributed by atoms with Crippen molar-refractivity contribution in [1.82, 2.24) is 19.9 Å². The van der Waals surface area contributed by atoms with Gasteiger partial charge in [0, 0.05) is 29.9 Å². The first-order chi connectivity index (χ1) is 16.2. The normalized spacial score (nSPS) is 11.4. The van der Waals surface area contributed by atoms with Gasteiger partial charge in [-0.3, -0.25) is 0 Å². The number of alkyl halides is 3. The number of nitrogens with one attached hydrogen (secondary N) is 1. The van der Waals surface area contributed by atoms with Gasteiger partial charge in [-0.2, -0.15) is 13.2 Å². The topological polar surface area (TPSA) is 110 Å². The van der Waals surface area contributed by atoms with Crippen LogP contribution in [-0.4, -0.2) is 37.6 Å². The molecule has 8 nitrogen and oxygen atoms in total. The second-order valence-electron chi connectivity index (χ2n) is 7.05. The first kappa shape index (κ1) is 22.8. The fourth-order valence-corrected chi connectivity index (χ4v) is 3.11. The molecular weight excluding hydrogens is 458 g/mol. The minimum absolute atomic E-state index is 0.0519. The summed E-state index contributed by atoms with van der Waals surface area (Å²) >= 11 is 0. The average molecular weight is 473 g/mol. The molecule has 12 heteroatoms. The number of hydrogen-bond acceptors (Lipinski definition) is 7. The lowest BCUT2D eigenvalue weighted by molar-refractivity contribution is -0.145. The van der Waals surface area contributed by atoms with Crippen LogP contribution in [0, 0.1) is 5.82 Å². The Kier molecular flexibility index (Phi) is 6.21. The van der Waals surface area contributed by atoms with Crippen LogP contribution in [0.3, 0.4) is 0 Å². The van der Waals surface area contributed by atoms with Crippen LogP contribution in [0.15, 0.2) is 55.1 Å². The van der Waals surface area contributed by atoms with Crippen LogP contribution in [-0.2, 0) is 17.5 Å². The Morgan fingerprint density at radius 2 is 1.71 bits per heavy atom. The highest BCUT2D eigenvalue weighted by molar-refractivity contribution is 5.96. The van der Waals surface area contributed by atoms with E-state index in [0.717, 1.165) is 12.4 Å². The zero-order valence-electron chi connectivity index (χ0n) is 17.2. The Hall–Kier alpha value is -4.35. The highest BCUT2D eigenvalue weighted by Gasteiger charge is 2.34. The third-order valence-electron chi connectivity index (χ3n) is 4.65. The van der Waals surface area contributed by atoms with Gasteiger partial charge >= 0.3 is 12.1 Å². The Bertz CT molecular complexity index is 1330. The molecule has 0 bridgehead atoms. The van der Waals surface area contributed by atoms with E-state index in [2.05, 4.69) is 25.3 Å². The van der Waals surface area contributed by atoms with Crippen LogP contribution in [0.25, 0.3) is 22.0 Å². The molecule has 0 spiro atoms. The zero-order chi connectivity index (χ0) is 24.3. The van der Waals surface area contributed by atoms with Crippen LogP contribution < -0.4 is 10.1 Å². The van der Waals surface area contributed by atoms with Gasteiger partial charge in [-0.05, 0) is 35.4 Å². The molecule has 2 heterocycles. The van der Waals surface area contributed by atoms with Gasteiger partial charge in [0.15, 0.2) is 6.61 Å². The van der Waals surface area contributed by atoms with E-state index in [0.29, 0.717) is 33.4 Å². The van der Waals surface area contributed by atoms with Crippen molar-refractivity contribution >= 4 is 22.7 Å². The summed E-state index contributed by atoms with van der Waals surface area (Å²) in [6, 6.07) is 8.95. The van der Waals surface area contributed by atoms with Crippen molar-refractivity contribution in [3.05, 3.63) is 72.3 Å². The SMILES string of the molecule is O=C(O)COc1cc(-c2ccc(F)cc2)cc2c(NCc3cnc(C(F)(F)F)nc3)ncnc12. The molecule has 174 valence electrons. The van der Waals surface area contributed by atoms with Crippen molar-refractivity contribution in [3.63, 3.8) is 0 Å². The molecule has 4 rings (SSSR count). The highest BCUT2D eigenvalue weighted by atomic mass is 19.4. The number of rotatable bonds is 7. The van der Waals surface area contributed by atoms with Crippen LogP contribution in [0.5, 0.6) is 5.75 Å². The molecule has 0 aliphatic carbocycles. The van der Waals surface area contributed by atoms with Crippen molar-refractivity contribution in [2.75, 3.05) is 11.9 Å². The second kappa shape index (κ2) is 9.25. The third kappa shape index (κ3) is 5.17. The number of carboxylic acid groups (broad SMARTS) is 1. The van der Waals surface area contributed by atoms with Gasteiger partial charge in [0.1, 0.15) is 29.2 Å². The van der Waals surface area contributed by atoms with E-state index in [1.54, 1.807) is 24.3 Å². The van der Waals surface area contributed by atoms with Gasteiger partial charge in [-0.25, -0.2) is 29.1 Å². The van der Waals surface area contributed by atoms with Crippen LogP contribution in [0.4, 0.5) is 23.4 Å². The fraction of sp³-hybridized carbons (Fsp3) is 0.136. The number of carboxylic acids is 1. The van der Waals surface area contributed by atoms with Crippen molar-refractivity contribution in [1.29, 1.82) is 0 Å². The van der Waals surface area contributed by atoms with E-state index in [-0.39, 0.29) is 12.3 Å². The molecule has 0 unspecified atom stereocenters. The molecular formula is C22H15F4N5O3. The van der Waals surface area contributed by atoms with E-state index in [1.807, 2.05) is 0 Å². The molecule has 0 aliphatic heterocycles. The molecule has 34 heavy (non-hydrogen) atoms. The van der Waals surface area contributed by atoms with E-state index in [1.165, 1.54) is 18.5 Å². The lowest BCUT2D eigenvalue weighted by atomic mass is 10.0. The predicted octanol–water partition coefficient (Wildman–Crippen LogP) is 4.32. The van der Waals surface area contributed by atoms with Gasteiger partial charge in [0.05, 0.1) is 0 Å². The van der Waals surface area contributed by atoms with Crippen LogP contribution >= 0.6 is 0 Å². The maximum Gasteiger partial charge on any atom is 0.451 e. The smallest absolute Gasteiger partial charge is 0.451 e. The van der Waals surface area contributed by atoms with Crippen molar-refractivity contribution in [2.45, 2.75) is 12.7 Å². The van der Waals surface area contributed by atoms with E-state index in [9.17, 15) is 22.4 Å². The molecule has 0 fully saturated rings. The second-order valence-corrected chi connectivity index (χ2v) is 7.05. The minimum atomic E-state index is -4.64. The molecule has 0 radical (unpaired) electrons. The molecule has 0 saturated heterocycles. The Balaban J connectivity index is 1.70. The standard InChI is InChI=1S/C22H15F4N5O3/c23-15-3-1-13(2-4-15)14-5-16-19(17(6-14)34-10-18(32)33)30-11-31-20(16)27-7-12-8-28-21(29-9-12)22(24,25)26/h1-6,8-9,11H,7,10H2,(H,32,33)(H,27,30,31). The summed E-state index contributed by atoms with van der Waals surface area (Å²) in [5, 5.41) is 12.5. The summed E-state index contributed by atoms with van der Waals surface area (Å²) in [5.74, 6) is -2.36. The van der Waals surface area contributed by atoms with Crippen LogP contribution in [0.1, 0.15) is 11.4 Å². The number of fused-ring (bicyclic) bond motifs is 1. The number of ether oxygens (including phenoxy) is 1. The van der Waals surface area contributed by atoms with E-state index < -0.39 is 30.4 Å². The zero-order valence-corrected chi connectivity index (χ0v) is 17.2. The van der Waals surface area contributed by atoms with Crippen LogP contribution in [0.2, 0.25) is 0 Å². The quantitative estimate of drug-likeness (QED) is 0.382. The highest BCUT2D eigenvalue weighted by Crippen LogP contribution is 2.34. The monoisotopic (exact) mass is 473 g/mol. The van der Waals surface area contributed by atoms with Gasteiger partial charge < -0.3 is 15.2 Å². The molecule has 0 atom stereocenters. The number of aliphatic carboxylic acids is 1. The molecule has 2 aromatic heterocycles. The first-order valence-electron chi connectivity index (χ1n) is 9.72. The molecule has 0 aliphatic rings. The number of aromatic nitrogens is 4. The molecule has 2 N–H and O–H groups in total. The Morgan fingerprint density at radius 3 is 2.35 bits per heavy atom. The summed E-state index contributed by atoms with van der Waals surface area (Å²) in [7, 11) is 0. The summed E-state index contributed by atoms with van der Waals surface area (Å²) < 4.78 is 56.8. The number of halogens is 4. The largest absolute Gasteiger partial charge is 0.480 e. The van der Waals surface area contributed by atoms with Gasteiger partial charge in [-0.15, -0.1) is 0 Å². The number of nitrogens with zero attached hydrogens (tertiary/aromatic N) is 4. The summed E-state index contributed by atoms with van der Waals surface area (Å²) in [4.78, 5) is 26.0. The first-order valence-corrected chi connectivity index (χ1v) is 9.72. The molecule has 2 aromatic carbocycles. The molecule has 0 amide bonds. The number of benzene rings is 2. The van der Waals surface area contributed by atoms with Gasteiger partial charge in [0.2, 0.25) is 5.82 Å². The summed E-state index contributed by atoms with van der Waals surface area (Å²) in [6.45, 7) is -0.562. The molecule has 4 aromatic rings. The lowest BCUT2D eigenvalue weighted by Gasteiger charge is -2.14. The van der Waals surface area contributed by atoms with Crippen molar-refractivity contribution in [2.24, 2.45) is 0 Å². The van der Waals surface area contributed by atoms with Gasteiger partial charge in [0.25, 0.3) is 0 Å². The fourth-order valence-electron chi connectivity index (χ4n) is 3.11.